The Kier molecular flexibility index (Phi) is 2.17. The van der Waals surface area contributed by atoms with E-state index in [4.69, 9.17) is 10.3 Å². The van der Waals surface area contributed by atoms with E-state index in [-0.39, 0.29) is 0 Å². The fourth-order valence-electron chi connectivity index (χ4n) is 0.968. The number of hydrogen-bond donors (Lipinski definition) is 1. The van der Waals surface area contributed by atoms with Gasteiger partial charge in [0.2, 0.25) is 0 Å². The second kappa shape index (κ2) is 3.33. The van der Waals surface area contributed by atoms with Gasteiger partial charge in [-0.2, -0.15) is 0 Å². The van der Waals surface area contributed by atoms with Crippen LogP contribution in [0.4, 0.5) is 5.82 Å². The second-order valence-corrected chi connectivity index (χ2v) is 3.53. The van der Waals surface area contributed by atoms with Crippen LogP contribution in [0, 0.1) is 3.57 Å². The largest absolute Gasteiger partial charge is 0.380 e. The summed E-state index contributed by atoms with van der Waals surface area (Å²) in [6.07, 6.45) is 3.41. The number of rotatable bonds is 1. The van der Waals surface area contributed by atoms with Crippen molar-refractivity contribution >= 4 is 28.4 Å². The Morgan fingerprint density at radius 2 is 2.31 bits per heavy atom. The van der Waals surface area contributed by atoms with Gasteiger partial charge in [0.15, 0.2) is 11.6 Å². The summed E-state index contributed by atoms with van der Waals surface area (Å²) in [6, 6.07) is 3.74. The van der Waals surface area contributed by atoms with E-state index in [0.717, 1.165) is 9.13 Å². The fourth-order valence-corrected chi connectivity index (χ4v) is 1.48. The molecule has 2 rings (SSSR count). The van der Waals surface area contributed by atoms with Gasteiger partial charge in [-0.1, -0.05) is 5.16 Å². The van der Waals surface area contributed by atoms with Crippen LogP contribution >= 0.6 is 22.6 Å². The summed E-state index contributed by atoms with van der Waals surface area (Å²) >= 11 is 2.09. The average molecular weight is 287 g/mol. The predicted octanol–water partition coefficient (Wildman–Crippen LogP) is 1.92. The third-order valence-electron chi connectivity index (χ3n) is 1.58. The first-order valence-corrected chi connectivity index (χ1v) is 4.68. The molecule has 2 aromatic heterocycles. The molecule has 0 amide bonds. The number of nitrogen functional groups attached to an aromatic ring is 1. The van der Waals surface area contributed by atoms with Crippen LogP contribution in [0.1, 0.15) is 0 Å². The number of pyridine rings is 1. The minimum Gasteiger partial charge on any atom is -0.380 e. The molecule has 0 bridgehead atoms. The number of halogens is 1. The Bertz CT molecular complexity index is 413. The van der Waals surface area contributed by atoms with Crippen molar-refractivity contribution in [2.75, 3.05) is 5.73 Å². The van der Waals surface area contributed by atoms with Crippen molar-refractivity contribution < 1.29 is 4.52 Å². The van der Waals surface area contributed by atoms with Gasteiger partial charge in [-0.3, -0.25) is 4.98 Å². The van der Waals surface area contributed by atoms with E-state index in [9.17, 15) is 0 Å². The van der Waals surface area contributed by atoms with E-state index in [1.807, 2.05) is 12.1 Å². The van der Waals surface area contributed by atoms with Crippen molar-refractivity contribution in [1.82, 2.24) is 10.1 Å². The van der Waals surface area contributed by atoms with Gasteiger partial charge >= 0.3 is 0 Å². The number of nitrogens with two attached hydrogens (primary N) is 1. The maximum atomic E-state index is 5.55. The molecular formula is C8H6IN3O. The van der Waals surface area contributed by atoms with Gasteiger partial charge in [-0.05, 0) is 34.7 Å². The van der Waals surface area contributed by atoms with E-state index >= 15 is 0 Å². The van der Waals surface area contributed by atoms with Gasteiger partial charge in [0.25, 0.3) is 0 Å². The number of anilines is 1. The quantitative estimate of drug-likeness (QED) is 0.814. The molecule has 0 aliphatic carbocycles. The highest BCUT2D eigenvalue weighted by Crippen LogP contribution is 2.27. The van der Waals surface area contributed by atoms with Crippen LogP contribution in [-0.2, 0) is 0 Å². The monoisotopic (exact) mass is 287 g/mol. The topological polar surface area (TPSA) is 64.9 Å². The summed E-state index contributed by atoms with van der Waals surface area (Å²) in [5, 5.41) is 3.66. The molecule has 0 saturated carbocycles. The number of aromatic nitrogens is 2. The van der Waals surface area contributed by atoms with Crippen molar-refractivity contribution in [2.24, 2.45) is 0 Å². The summed E-state index contributed by atoms with van der Waals surface area (Å²) in [7, 11) is 0. The molecule has 0 radical (unpaired) electrons. The SMILES string of the molecule is Nc1noc(-c2cccnc2)c1I. The standard InChI is InChI=1S/C8H6IN3O/c9-6-7(13-12-8(6)10)5-2-1-3-11-4-5/h1-4H,(H2,10,12). The summed E-state index contributed by atoms with van der Waals surface area (Å²) < 4.78 is 5.88. The van der Waals surface area contributed by atoms with Gasteiger partial charge in [0, 0.05) is 18.0 Å². The van der Waals surface area contributed by atoms with Crippen LogP contribution < -0.4 is 5.73 Å². The van der Waals surface area contributed by atoms with E-state index in [1.54, 1.807) is 12.4 Å². The van der Waals surface area contributed by atoms with Gasteiger partial charge in [-0.25, -0.2) is 0 Å². The molecule has 0 aliphatic heterocycles. The molecule has 2 N–H and O–H groups in total. The first kappa shape index (κ1) is 8.49. The smallest absolute Gasteiger partial charge is 0.183 e. The number of hydrogen-bond acceptors (Lipinski definition) is 4. The Morgan fingerprint density at radius 1 is 1.46 bits per heavy atom. The van der Waals surface area contributed by atoms with Crippen LogP contribution in [0.15, 0.2) is 29.0 Å². The lowest BCUT2D eigenvalue weighted by molar-refractivity contribution is 0.435. The normalized spacial score (nSPS) is 10.2. The lowest BCUT2D eigenvalue weighted by Gasteiger charge is -1.93. The third kappa shape index (κ3) is 1.51. The number of nitrogens with zero attached hydrogens (tertiary/aromatic N) is 2. The highest BCUT2D eigenvalue weighted by Gasteiger charge is 2.12. The lowest BCUT2D eigenvalue weighted by atomic mass is 10.2. The molecule has 2 aromatic rings. The van der Waals surface area contributed by atoms with Gasteiger partial charge in [0.1, 0.15) is 3.57 Å². The zero-order valence-corrected chi connectivity index (χ0v) is 8.72. The summed E-state index contributed by atoms with van der Waals surface area (Å²) in [4.78, 5) is 3.98. The van der Waals surface area contributed by atoms with E-state index < -0.39 is 0 Å². The van der Waals surface area contributed by atoms with E-state index in [2.05, 4.69) is 32.7 Å². The Morgan fingerprint density at radius 3 is 2.85 bits per heavy atom. The molecule has 2 heterocycles. The Labute approximate surface area is 88.3 Å². The first-order chi connectivity index (χ1) is 6.29. The summed E-state index contributed by atoms with van der Waals surface area (Å²) in [5.41, 5.74) is 6.43. The van der Waals surface area contributed by atoms with Crippen LogP contribution in [-0.4, -0.2) is 10.1 Å². The molecule has 0 fully saturated rings. The van der Waals surface area contributed by atoms with Crippen LogP contribution in [0.2, 0.25) is 0 Å². The summed E-state index contributed by atoms with van der Waals surface area (Å²) in [5.74, 6) is 1.09. The van der Waals surface area contributed by atoms with Crippen molar-refractivity contribution in [3.63, 3.8) is 0 Å². The highest BCUT2D eigenvalue weighted by molar-refractivity contribution is 14.1. The third-order valence-corrected chi connectivity index (χ3v) is 2.63. The minimum absolute atomic E-state index is 0.416. The van der Waals surface area contributed by atoms with E-state index in [0.29, 0.717) is 11.6 Å². The van der Waals surface area contributed by atoms with E-state index in [1.165, 1.54) is 0 Å². The molecule has 66 valence electrons. The molecule has 0 saturated heterocycles. The molecule has 5 heteroatoms. The first-order valence-electron chi connectivity index (χ1n) is 3.60. The highest BCUT2D eigenvalue weighted by atomic mass is 127. The summed E-state index contributed by atoms with van der Waals surface area (Å²) in [6.45, 7) is 0. The van der Waals surface area contributed by atoms with Gasteiger partial charge in [0.05, 0.1) is 0 Å². The Balaban J connectivity index is 2.53. The van der Waals surface area contributed by atoms with Crippen LogP contribution in [0.3, 0.4) is 0 Å². The van der Waals surface area contributed by atoms with Crippen molar-refractivity contribution in [2.45, 2.75) is 0 Å². The molecule has 4 nitrogen and oxygen atoms in total. The maximum Gasteiger partial charge on any atom is 0.183 e. The molecule has 13 heavy (non-hydrogen) atoms. The predicted molar refractivity (Wildman–Crippen MR) is 56.9 cm³/mol. The van der Waals surface area contributed by atoms with Crippen LogP contribution in [0.5, 0.6) is 0 Å². The fraction of sp³-hybridized carbons (Fsp3) is 0. The maximum absolute atomic E-state index is 5.55. The van der Waals surface area contributed by atoms with Crippen molar-refractivity contribution in [3.05, 3.63) is 28.1 Å². The molecule has 0 spiro atoms. The Hall–Kier alpha value is -1.11. The van der Waals surface area contributed by atoms with Crippen molar-refractivity contribution in [1.29, 1.82) is 0 Å². The molecular weight excluding hydrogens is 281 g/mol. The average Bonchev–Trinajstić information content (AvgIpc) is 2.49. The lowest BCUT2D eigenvalue weighted by Crippen LogP contribution is -1.86. The zero-order valence-electron chi connectivity index (χ0n) is 6.57. The van der Waals surface area contributed by atoms with Crippen LogP contribution in [0.25, 0.3) is 11.3 Å². The molecule has 0 atom stereocenters. The molecule has 0 aromatic carbocycles. The molecule has 0 aliphatic rings. The van der Waals surface area contributed by atoms with Gasteiger partial charge in [-0.15, -0.1) is 0 Å². The molecule has 0 unspecified atom stereocenters. The van der Waals surface area contributed by atoms with Gasteiger partial charge < -0.3 is 10.3 Å². The van der Waals surface area contributed by atoms with Crippen molar-refractivity contribution in [3.8, 4) is 11.3 Å². The zero-order chi connectivity index (χ0) is 9.26. The second-order valence-electron chi connectivity index (χ2n) is 2.45. The minimum atomic E-state index is 0.416.